The molecular formula is C19H16Cl2N2O2. The maximum Gasteiger partial charge on any atom is 0.152 e. The van der Waals surface area contributed by atoms with Crippen LogP contribution in [0.25, 0.3) is 0 Å². The second-order valence-electron chi connectivity index (χ2n) is 6.17. The molecule has 128 valence electrons. The molecule has 25 heavy (non-hydrogen) atoms. The summed E-state index contributed by atoms with van der Waals surface area (Å²) >= 11 is 12.9. The van der Waals surface area contributed by atoms with Crippen LogP contribution in [0.4, 0.5) is 0 Å². The van der Waals surface area contributed by atoms with Crippen molar-refractivity contribution in [1.82, 2.24) is 9.55 Å². The first-order valence-electron chi connectivity index (χ1n) is 7.89. The van der Waals surface area contributed by atoms with Crippen LogP contribution in [0, 0.1) is 0 Å². The molecule has 1 N–H and O–H groups in total. The van der Waals surface area contributed by atoms with Gasteiger partial charge in [-0.3, -0.25) is 0 Å². The van der Waals surface area contributed by atoms with Crippen LogP contribution >= 0.6 is 23.2 Å². The van der Waals surface area contributed by atoms with Gasteiger partial charge in [0.05, 0.1) is 19.5 Å². The molecule has 1 fully saturated rings. The first-order chi connectivity index (χ1) is 12.1. The van der Waals surface area contributed by atoms with Gasteiger partial charge in [-0.15, -0.1) is 0 Å². The van der Waals surface area contributed by atoms with Crippen molar-refractivity contribution in [1.29, 1.82) is 0 Å². The van der Waals surface area contributed by atoms with Gasteiger partial charge in [-0.25, -0.2) is 4.98 Å². The van der Waals surface area contributed by atoms with E-state index < -0.39 is 11.2 Å². The Bertz CT molecular complexity index is 894. The van der Waals surface area contributed by atoms with Crippen molar-refractivity contribution in [2.45, 2.75) is 17.7 Å². The average Bonchev–Trinajstić information content (AvgIpc) is 3.27. The zero-order chi connectivity index (χ0) is 17.5. The zero-order valence-electron chi connectivity index (χ0n) is 13.3. The van der Waals surface area contributed by atoms with Crippen molar-refractivity contribution in [2.24, 2.45) is 0 Å². The largest absolute Gasteiger partial charge is 0.380 e. The van der Waals surface area contributed by atoms with E-state index in [9.17, 15) is 5.11 Å². The molecule has 4 nitrogen and oxygen atoms in total. The molecule has 2 heterocycles. The van der Waals surface area contributed by atoms with Crippen LogP contribution in [0.5, 0.6) is 0 Å². The van der Waals surface area contributed by atoms with E-state index in [4.69, 9.17) is 27.9 Å². The number of aromatic nitrogens is 2. The van der Waals surface area contributed by atoms with Gasteiger partial charge in [-0.05, 0) is 12.1 Å². The standard InChI is InChI=1S/C19H16Cl2N2O2/c20-16-7-3-1-5-14(16)18(24,11-23-10-9-22-13-23)19(12-25-19)15-6-2-4-8-17(15)21/h1-10,13,24H,11-12H2. The summed E-state index contributed by atoms with van der Waals surface area (Å²) in [6.45, 7) is 0.592. The highest BCUT2D eigenvalue weighted by molar-refractivity contribution is 6.32. The third-order valence-electron chi connectivity index (χ3n) is 4.70. The first kappa shape index (κ1) is 16.6. The molecule has 2 aromatic carbocycles. The smallest absolute Gasteiger partial charge is 0.152 e. The fourth-order valence-electron chi connectivity index (χ4n) is 3.35. The number of aliphatic hydroxyl groups is 1. The van der Waals surface area contributed by atoms with Gasteiger partial charge in [0.1, 0.15) is 5.60 Å². The van der Waals surface area contributed by atoms with Gasteiger partial charge in [0.15, 0.2) is 5.60 Å². The maximum atomic E-state index is 11.9. The molecule has 0 spiro atoms. The van der Waals surface area contributed by atoms with Crippen LogP contribution in [0.15, 0.2) is 67.3 Å². The molecule has 6 heteroatoms. The number of rotatable bonds is 5. The minimum absolute atomic E-state index is 0.238. The molecule has 0 saturated carbocycles. The van der Waals surface area contributed by atoms with Gasteiger partial charge in [0.2, 0.25) is 0 Å². The van der Waals surface area contributed by atoms with Gasteiger partial charge < -0.3 is 14.4 Å². The number of halogens is 2. The van der Waals surface area contributed by atoms with Crippen molar-refractivity contribution in [3.8, 4) is 0 Å². The van der Waals surface area contributed by atoms with E-state index in [0.29, 0.717) is 22.2 Å². The second-order valence-corrected chi connectivity index (χ2v) is 6.99. The first-order valence-corrected chi connectivity index (χ1v) is 8.64. The fourth-order valence-corrected chi connectivity index (χ4v) is 3.93. The maximum absolute atomic E-state index is 11.9. The number of hydrogen-bond donors (Lipinski definition) is 1. The number of ether oxygens (including phenoxy) is 1. The Morgan fingerprint density at radius 1 is 1.12 bits per heavy atom. The lowest BCUT2D eigenvalue weighted by atomic mass is 9.77. The van der Waals surface area contributed by atoms with Gasteiger partial charge in [0, 0.05) is 33.6 Å². The molecule has 1 aliphatic rings. The predicted molar refractivity (Wildman–Crippen MR) is 96.7 cm³/mol. The highest BCUT2D eigenvalue weighted by Crippen LogP contribution is 2.56. The lowest BCUT2D eigenvalue weighted by Gasteiger charge is -2.36. The van der Waals surface area contributed by atoms with Gasteiger partial charge in [-0.1, -0.05) is 59.6 Å². The summed E-state index contributed by atoms with van der Waals surface area (Å²) in [4.78, 5) is 4.07. The molecule has 2 atom stereocenters. The Morgan fingerprint density at radius 2 is 1.80 bits per heavy atom. The highest BCUT2D eigenvalue weighted by Gasteiger charge is 2.64. The van der Waals surface area contributed by atoms with Crippen LogP contribution in [0.3, 0.4) is 0 Å². The number of nitrogens with zero attached hydrogens (tertiary/aromatic N) is 2. The number of imidazole rings is 1. The van der Waals surface area contributed by atoms with Gasteiger partial charge in [0.25, 0.3) is 0 Å². The van der Waals surface area contributed by atoms with Crippen molar-refractivity contribution < 1.29 is 9.84 Å². The highest BCUT2D eigenvalue weighted by atomic mass is 35.5. The Morgan fingerprint density at radius 3 is 2.40 bits per heavy atom. The molecule has 3 aromatic rings. The van der Waals surface area contributed by atoms with E-state index in [-0.39, 0.29) is 6.54 Å². The van der Waals surface area contributed by atoms with Crippen molar-refractivity contribution in [2.75, 3.05) is 6.61 Å². The topological polar surface area (TPSA) is 50.6 Å². The lowest BCUT2D eigenvalue weighted by molar-refractivity contribution is -0.0608. The average molecular weight is 375 g/mol. The minimum atomic E-state index is -1.41. The zero-order valence-corrected chi connectivity index (χ0v) is 14.8. The summed E-state index contributed by atoms with van der Waals surface area (Å²) in [7, 11) is 0. The Kier molecular flexibility index (Phi) is 4.08. The predicted octanol–water partition coefficient (Wildman–Crippen LogP) is 4.00. The van der Waals surface area contributed by atoms with Crippen LogP contribution in [0.1, 0.15) is 11.1 Å². The Hall–Kier alpha value is -1.85. The molecule has 0 amide bonds. The van der Waals surface area contributed by atoms with Crippen LogP contribution in [0.2, 0.25) is 10.0 Å². The van der Waals surface area contributed by atoms with Crippen LogP contribution < -0.4 is 0 Å². The molecule has 4 rings (SSSR count). The second kappa shape index (κ2) is 6.15. The molecule has 1 aliphatic heterocycles. The summed E-state index contributed by atoms with van der Waals surface area (Å²) in [5.41, 5.74) is -1.01. The lowest BCUT2D eigenvalue weighted by Crippen LogP contribution is -2.45. The number of epoxide rings is 1. The van der Waals surface area contributed by atoms with E-state index in [1.807, 2.05) is 41.0 Å². The molecule has 0 aliphatic carbocycles. The van der Waals surface area contributed by atoms with E-state index in [0.717, 1.165) is 5.56 Å². The fraction of sp³-hybridized carbons (Fsp3) is 0.211. The molecule has 1 aromatic heterocycles. The molecule has 0 radical (unpaired) electrons. The van der Waals surface area contributed by atoms with E-state index in [1.54, 1.807) is 30.9 Å². The third-order valence-corrected chi connectivity index (χ3v) is 5.36. The minimum Gasteiger partial charge on any atom is -0.380 e. The van der Waals surface area contributed by atoms with Crippen LogP contribution in [-0.4, -0.2) is 21.3 Å². The Labute approximate surface area is 155 Å². The monoisotopic (exact) mass is 374 g/mol. The normalized spacial score (nSPS) is 21.7. The van der Waals surface area contributed by atoms with Crippen molar-refractivity contribution in [3.63, 3.8) is 0 Å². The van der Waals surface area contributed by atoms with Gasteiger partial charge in [-0.2, -0.15) is 0 Å². The molecular weight excluding hydrogens is 359 g/mol. The van der Waals surface area contributed by atoms with Gasteiger partial charge >= 0.3 is 0 Å². The summed E-state index contributed by atoms with van der Waals surface area (Å²) in [6, 6.07) is 14.7. The SMILES string of the molecule is OC(Cn1ccnc1)(c1ccccc1Cl)C1(c2ccccc2Cl)CO1. The van der Waals surface area contributed by atoms with Crippen LogP contribution in [-0.2, 0) is 22.5 Å². The summed E-state index contributed by atoms with van der Waals surface area (Å²) in [6.07, 6.45) is 5.12. The molecule has 0 bridgehead atoms. The summed E-state index contributed by atoms with van der Waals surface area (Å²) in [5, 5.41) is 12.9. The van der Waals surface area contributed by atoms with Crippen molar-refractivity contribution in [3.05, 3.63) is 88.4 Å². The molecule has 1 saturated heterocycles. The van der Waals surface area contributed by atoms with E-state index in [1.165, 1.54) is 0 Å². The van der Waals surface area contributed by atoms with E-state index in [2.05, 4.69) is 4.98 Å². The van der Waals surface area contributed by atoms with Crippen molar-refractivity contribution >= 4 is 23.2 Å². The number of hydrogen-bond acceptors (Lipinski definition) is 3. The Balaban J connectivity index is 1.90. The third kappa shape index (κ3) is 2.66. The van der Waals surface area contributed by atoms with E-state index >= 15 is 0 Å². The summed E-state index contributed by atoms with van der Waals surface area (Å²) in [5.74, 6) is 0. The summed E-state index contributed by atoms with van der Waals surface area (Å²) < 4.78 is 7.67. The molecule has 2 unspecified atom stereocenters. The quantitative estimate of drug-likeness (QED) is 0.686. The number of benzene rings is 2.